The predicted octanol–water partition coefficient (Wildman–Crippen LogP) is 3.14. The zero-order chi connectivity index (χ0) is 35.2. The first-order valence-corrected chi connectivity index (χ1v) is 18.0. The summed E-state index contributed by atoms with van der Waals surface area (Å²) in [6, 6.07) is 9.00. The second kappa shape index (κ2) is 16.4. The van der Waals surface area contributed by atoms with Crippen molar-refractivity contribution in [3.05, 3.63) is 95.6 Å². The van der Waals surface area contributed by atoms with Crippen LogP contribution in [0.15, 0.2) is 84.4 Å². The van der Waals surface area contributed by atoms with E-state index >= 15 is 0 Å². The second-order valence-corrected chi connectivity index (χ2v) is 14.2. The number of nitrogens with two attached hydrogens (primary N) is 1. The molecule has 0 spiro atoms. The molecule has 0 saturated carbocycles. The zero-order valence-corrected chi connectivity index (χ0v) is 28.3. The number of nitrogens with one attached hydrogen (secondary N) is 2. The highest BCUT2D eigenvalue weighted by Crippen LogP contribution is 2.41. The molecule has 0 radical (unpaired) electrons. The molecule has 4 aliphatic rings. The molecule has 0 saturated heterocycles. The highest BCUT2D eigenvalue weighted by atomic mass is 16.5. The van der Waals surface area contributed by atoms with Crippen LogP contribution in [0.25, 0.3) is 0 Å². The lowest BCUT2D eigenvalue weighted by Crippen LogP contribution is -2.50. The van der Waals surface area contributed by atoms with Crippen molar-refractivity contribution in [2.24, 2.45) is 35.3 Å². The van der Waals surface area contributed by atoms with Gasteiger partial charge in [0, 0.05) is 54.6 Å². The summed E-state index contributed by atoms with van der Waals surface area (Å²) in [6.07, 6.45) is 13.1. The molecule has 0 amide bonds. The highest BCUT2D eigenvalue weighted by molar-refractivity contribution is 5.45. The minimum Gasteiger partial charge on any atom is -0.504 e. The number of aliphatic hydroxyl groups is 5. The van der Waals surface area contributed by atoms with Gasteiger partial charge in [-0.3, -0.25) is 0 Å². The van der Waals surface area contributed by atoms with Gasteiger partial charge in [0.25, 0.3) is 0 Å². The van der Waals surface area contributed by atoms with E-state index in [1.54, 1.807) is 24.3 Å². The van der Waals surface area contributed by atoms with Crippen LogP contribution in [0.4, 0.5) is 0 Å². The molecule has 1 aliphatic heterocycles. The first kappa shape index (κ1) is 35.8. The summed E-state index contributed by atoms with van der Waals surface area (Å²) in [4.78, 5) is 3.27. The molecular formula is C40H51N3O7. The van der Waals surface area contributed by atoms with E-state index in [2.05, 4.69) is 28.2 Å². The van der Waals surface area contributed by atoms with Gasteiger partial charge >= 0.3 is 0 Å². The van der Waals surface area contributed by atoms with E-state index in [-0.39, 0.29) is 41.8 Å². The minimum absolute atomic E-state index is 0.0736. The first-order chi connectivity index (χ1) is 24.2. The summed E-state index contributed by atoms with van der Waals surface area (Å²) in [6.45, 7) is 0.632. The summed E-state index contributed by atoms with van der Waals surface area (Å²) < 4.78 is 6.51. The fourth-order valence-electron chi connectivity index (χ4n) is 8.04. The van der Waals surface area contributed by atoms with Crippen LogP contribution in [0.3, 0.4) is 0 Å². The highest BCUT2D eigenvalue weighted by Gasteiger charge is 2.42. The second-order valence-electron chi connectivity index (χ2n) is 14.2. The van der Waals surface area contributed by atoms with Crippen molar-refractivity contribution < 1.29 is 35.4 Å². The van der Waals surface area contributed by atoms with Gasteiger partial charge in [-0.15, -0.1) is 0 Å². The number of aromatic nitrogens is 1. The third kappa shape index (κ3) is 8.31. The number of phenols is 1. The number of benzene rings is 1. The van der Waals surface area contributed by atoms with Crippen molar-refractivity contribution in [1.82, 2.24) is 10.3 Å². The average Bonchev–Trinajstić information content (AvgIpc) is 3.56. The lowest BCUT2D eigenvalue weighted by molar-refractivity contribution is -0.0608. The topological polar surface area (TPSA) is 184 Å². The van der Waals surface area contributed by atoms with Crippen LogP contribution in [0, 0.1) is 41.4 Å². The molecule has 10 heteroatoms. The SMILES string of the molecule is NC1=CC(C(Cc2ccc[nH]2)C2C=CC(O)C(O)C2Oc2cc(C3C=CC4C#CC(CCO)CCCCC(O)C4C(O)C3)ccc2O)=CCN1. The average molecular weight is 686 g/mol. The molecule has 50 heavy (non-hydrogen) atoms. The number of ether oxygens (including phenoxy) is 1. The van der Waals surface area contributed by atoms with Crippen molar-refractivity contribution in [2.45, 2.75) is 81.4 Å². The van der Waals surface area contributed by atoms with Crippen LogP contribution >= 0.6 is 0 Å². The Labute approximate surface area is 294 Å². The van der Waals surface area contributed by atoms with E-state index in [4.69, 9.17) is 10.5 Å². The van der Waals surface area contributed by atoms with Crippen LogP contribution in [-0.4, -0.2) is 79.3 Å². The molecule has 1 aromatic carbocycles. The molecule has 10 N–H and O–H groups in total. The maximum absolute atomic E-state index is 11.5. The van der Waals surface area contributed by atoms with Crippen molar-refractivity contribution in [1.29, 1.82) is 0 Å². The van der Waals surface area contributed by atoms with Crippen molar-refractivity contribution in [3.8, 4) is 23.3 Å². The molecule has 11 unspecified atom stereocenters. The maximum atomic E-state index is 11.5. The van der Waals surface area contributed by atoms with E-state index in [0.29, 0.717) is 38.0 Å². The van der Waals surface area contributed by atoms with E-state index in [1.807, 2.05) is 42.6 Å². The van der Waals surface area contributed by atoms with E-state index in [9.17, 15) is 30.6 Å². The molecule has 6 rings (SSSR count). The van der Waals surface area contributed by atoms with Gasteiger partial charge in [0.05, 0.1) is 18.0 Å². The molecule has 2 aromatic rings. The predicted molar refractivity (Wildman–Crippen MR) is 190 cm³/mol. The van der Waals surface area contributed by atoms with Crippen LogP contribution < -0.4 is 15.8 Å². The molecular weight excluding hydrogens is 634 g/mol. The molecule has 268 valence electrons. The maximum Gasteiger partial charge on any atom is 0.161 e. The van der Waals surface area contributed by atoms with Gasteiger partial charge in [-0.05, 0) is 79.5 Å². The van der Waals surface area contributed by atoms with Gasteiger partial charge in [-0.1, -0.05) is 61.1 Å². The number of hydrogen-bond donors (Lipinski definition) is 9. The third-order valence-corrected chi connectivity index (χ3v) is 10.8. The molecule has 2 heterocycles. The number of fused-ring (bicyclic) bond motifs is 1. The van der Waals surface area contributed by atoms with Gasteiger partial charge < -0.3 is 51.4 Å². The monoisotopic (exact) mass is 685 g/mol. The number of dihydropyridines is 1. The van der Waals surface area contributed by atoms with Gasteiger partial charge in [0.1, 0.15) is 18.3 Å². The molecule has 11 atom stereocenters. The fraction of sp³-hybridized carbons (Fsp3) is 0.500. The quantitative estimate of drug-likeness (QED) is 0.141. The lowest BCUT2D eigenvalue weighted by atomic mass is 9.74. The van der Waals surface area contributed by atoms with Crippen molar-refractivity contribution >= 4 is 0 Å². The van der Waals surface area contributed by atoms with Crippen LogP contribution in [0.2, 0.25) is 0 Å². The Morgan fingerprint density at radius 1 is 0.980 bits per heavy atom. The Kier molecular flexibility index (Phi) is 11.7. The number of allylic oxidation sites excluding steroid dienone is 4. The Morgan fingerprint density at radius 3 is 2.60 bits per heavy atom. The number of H-pyrrole nitrogens is 1. The van der Waals surface area contributed by atoms with Crippen LogP contribution in [0.5, 0.6) is 11.5 Å². The number of aromatic hydroxyl groups is 1. The van der Waals surface area contributed by atoms with Crippen LogP contribution in [-0.2, 0) is 6.42 Å². The molecule has 0 bridgehead atoms. The van der Waals surface area contributed by atoms with Crippen molar-refractivity contribution in [2.75, 3.05) is 13.2 Å². The van der Waals surface area contributed by atoms with Crippen molar-refractivity contribution in [3.63, 3.8) is 0 Å². The van der Waals surface area contributed by atoms with E-state index in [0.717, 1.165) is 36.1 Å². The fourth-order valence-corrected chi connectivity index (χ4v) is 8.04. The summed E-state index contributed by atoms with van der Waals surface area (Å²) >= 11 is 0. The van der Waals surface area contributed by atoms with Gasteiger partial charge in [-0.25, -0.2) is 0 Å². The molecule has 10 nitrogen and oxygen atoms in total. The number of rotatable bonds is 9. The standard InChI is InChI=1S/C40H51N3O7/c41-37-22-28(15-18-43-37)31(23-29-5-3-17-42-29)30-12-14-34(47)39(49)40(30)50-36-21-27(11-13-32(36)45)26-10-9-25-8-7-24(16-19-44)4-1-2-6-33(46)38(25)35(48)20-26/h3,5,9-15,17,21-22,24-26,30-31,33-35,38-40,42-49H,1-2,4,6,16,18-20,23,41H2. The Bertz CT molecular complexity index is 1620. The number of hydrogen-bond acceptors (Lipinski definition) is 9. The zero-order valence-electron chi connectivity index (χ0n) is 28.3. The van der Waals surface area contributed by atoms with Gasteiger partial charge in [0.2, 0.25) is 0 Å². The summed E-state index contributed by atoms with van der Waals surface area (Å²) in [5, 5.41) is 68.6. The Balaban J connectivity index is 1.29. The normalized spacial score (nSPS) is 33.4. The van der Waals surface area contributed by atoms with E-state index in [1.165, 1.54) is 0 Å². The number of aliphatic hydroxyl groups excluding tert-OH is 5. The number of phenolic OH excluding ortho intramolecular Hbond substituents is 1. The summed E-state index contributed by atoms with van der Waals surface area (Å²) in [5.41, 5.74) is 8.93. The van der Waals surface area contributed by atoms with E-state index < -0.39 is 42.4 Å². The molecule has 1 aromatic heterocycles. The van der Waals surface area contributed by atoms with Crippen LogP contribution in [0.1, 0.15) is 55.7 Å². The first-order valence-electron chi connectivity index (χ1n) is 18.0. The number of aromatic amines is 1. The Morgan fingerprint density at radius 2 is 1.82 bits per heavy atom. The third-order valence-electron chi connectivity index (χ3n) is 10.8. The Hall–Kier alpha value is -3.98. The van der Waals surface area contributed by atoms with Gasteiger partial charge in [0.15, 0.2) is 11.5 Å². The summed E-state index contributed by atoms with van der Waals surface area (Å²) in [5.74, 6) is 5.67. The minimum atomic E-state index is -1.28. The summed E-state index contributed by atoms with van der Waals surface area (Å²) in [7, 11) is 0. The lowest BCUT2D eigenvalue weighted by Gasteiger charge is -2.39. The largest absolute Gasteiger partial charge is 0.504 e. The molecule has 0 fully saturated rings. The van der Waals surface area contributed by atoms with Gasteiger partial charge in [-0.2, -0.15) is 0 Å². The molecule has 3 aliphatic carbocycles. The smallest absolute Gasteiger partial charge is 0.161 e.